The Morgan fingerprint density at radius 3 is 0.906 bits per heavy atom. The van der Waals surface area contributed by atoms with Crippen LogP contribution in [0, 0.1) is 0 Å². The maximum Gasteiger partial charge on any atom is 0.0544 e. The van der Waals surface area contributed by atoms with Crippen LogP contribution in [0.25, 0.3) is 22.3 Å². The second kappa shape index (κ2) is 21.0. The van der Waals surface area contributed by atoms with Gasteiger partial charge in [0.05, 0.1) is 22.8 Å². The zero-order valence-corrected chi connectivity index (χ0v) is 35.9. The van der Waals surface area contributed by atoms with E-state index in [1.807, 2.05) is 49.1 Å². The maximum atomic E-state index is 4.71. The van der Waals surface area contributed by atoms with E-state index in [1.165, 1.54) is 44.5 Å². The summed E-state index contributed by atoms with van der Waals surface area (Å²) in [6.07, 6.45) is 7.48. The van der Waals surface area contributed by atoms with Crippen LogP contribution in [0.1, 0.15) is 56.2 Å². The minimum Gasteiger partial charge on any atom is -0.287 e. The van der Waals surface area contributed by atoms with Gasteiger partial charge in [0.15, 0.2) is 0 Å². The second-order valence-corrected chi connectivity index (χ2v) is 16.0. The third kappa shape index (κ3) is 11.0. The van der Waals surface area contributed by atoms with Gasteiger partial charge in [0.1, 0.15) is 0 Å². The lowest BCUT2D eigenvalue weighted by molar-refractivity contribution is 0.238. The number of aromatic nitrogens is 4. The van der Waals surface area contributed by atoms with Gasteiger partial charge in [-0.15, -0.1) is 0 Å². The molecule has 0 atom stereocenters. The van der Waals surface area contributed by atoms with Crippen LogP contribution in [-0.4, -0.2) is 29.7 Å². The van der Waals surface area contributed by atoms with Gasteiger partial charge in [0.25, 0.3) is 0 Å². The highest BCUT2D eigenvalue weighted by molar-refractivity contribution is 6.04. The van der Waals surface area contributed by atoms with Crippen molar-refractivity contribution in [3.63, 3.8) is 0 Å². The van der Waals surface area contributed by atoms with E-state index in [4.69, 9.17) is 19.9 Å². The third-order valence-electron chi connectivity index (χ3n) is 11.3. The van der Waals surface area contributed by atoms with Crippen molar-refractivity contribution in [3.05, 3.63) is 287 Å². The molecule has 0 aliphatic heterocycles. The lowest BCUT2D eigenvalue weighted by Crippen LogP contribution is -2.25. The first-order valence-electron chi connectivity index (χ1n) is 21.9. The van der Waals surface area contributed by atoms with E-state index in [1.54, 1.807) is 0 Å². The lowest BCUT2D eigenvalue weighted by Gasteiger charge is -2.25. The molecular weight excluding hydrogens is 781 g/mol. The Balaban J connectivity index is 1.13. The Morgan fingerprint density at radius 1 is 0.281 bits per heavy atom. The largest absolute Gasteiger partial charge is 0.287 e. The Morgan fingerprint density at radius 2 is 0.594 bits per heavy atom. The summed E-state index contributed by atoms with van der Waals surface area (Å²) < 4.78 is 0. The van der Waals surface area contributed by atoms with Crippen LogP contribution in [-0.2, 0) is 39.3 Å². The summed E-state index contributed by atoms with van der Waals surface area (Å²) in [6.45, 7) is 4.19. The summed E-state index contributed by atoms with van der Waals surface area (Å²) in [5.41, 5.74) is 15.9. The molecule has 0 aliphatic rings. The molecule has 312 valence electrons. The molecule has 0 N–H and O–H groups in total. The molecule has 6 nitrogen and oxygen atoms in total. The predicted molar refractivity (Wildman–Crippen MR) is 259 cm³/mol. The first kappa shape index (κ1) is 41.7. The fourth-order valence-electron chi connectivity index (χ4n) is 8.40. The Labute approximate surface area is 377 Å². The van der Waals surface area contributed by atoms with Gasteiger partial charge >= 0.3 is 0 Å². The van der Waals surface area contributed by atoms with Crippen molar-refractivity contribution < 1.29 is 0 Å². The summed E-state index contributed by atoms with van der Waals surface area (Å²) in [7, 11) is 0. The lowest BCUT2D eigenvalue weighted by atomic mass is 9.85. The van der Waals surface area contributed by atoms with Crippen molar-refractivity contribution >= 4 is 11.1 Å². The molecule has 0 saturated heterocycles. The van der Waals surface area contributed by atoms with Crippen molar-refractivity contribution in [2.24, 2.45) is 0 Å². The molecule has 4 heterocycles. The molecule has 9 aromatic rings. The van der Waals surface area contributed by atoms with E-state index in [2.05, 4.69) is 192 Å². The van der Waals surface area contributed by atoms with Crippen molar-refractivity contribution in [1.82, 2.24) is 29.7 Å². The molecule has 6 heteroatoms. The van der Waals surface area contributed by atoms with Crippen LogP contribution < -0.4 is 0 Å². The highest BCUT2D eigenvalue weighted by Gasteiger charge is 2.18. The molecule has 0 amide bonds. The van der Waals surface area contributed by atoms with Gasteiger partial charge in [-0.05, 0) is 116 Å². The number of hydrogen-bond donors (Lipinski definition) is 0. The van der Waals surface area contributed by atoms with Gasteiger partial charge in [0, 0.05) is 64.1 Å². The average molecular weight is 831 g/mol. The molecule has 9 rings (SSSR count). The monoisotopic (exact) mass is 830 g/mol. The Hall–Kier alpha value is -7.64. The van der Waals surface area contributed by atoms with Gasteiger partial charge < -0.3 is 0 Å². The number of rotatable bonds is 17. The van der Waals surface area contributed by atoms with E-state index in [9.17, 15) is 0 Å². The SMILES string of the molecule is c1ccc(C(=C(c2ccccc2)c2ccc(-c3cc(CN(Cc4ccccn4)Cc4ccccn4)cc(CN(Cc4ccccn4)Cc4ccccn4)c3)cc2)c2ccccc2)cc1. The molecule has 64 heavy (non-hydrogen) atoms. The molecule has 0 saturated carbocycles. The maximum absolute atomic E-state index is 4.71. The number of nitrogens with zero attached hydrogens (tertiary/aromatic N) is 6. The summed E-state index contributed by atoms with van der Waals surface area (Å²) in [5, 5.41) is 0. The topological polar surface area (TPSA) is 58.0 Å². The summed E-state index contributed by atoms with van der Waals surface area (Å²) >= 11 is 0. The van der Waals surface area contributed by atoms with Crippen LogP contribution in [0.2, 0.25) is 0 Å². The van der Waals surface area contributed by atoms with Crippen LogP contribution in [0.4, 0.5) is 0 Å². The van der Waals surface area contributed by atoms with Gasteiger partial charge in [-0.1, -0.05) is 146 Å². The van der Waals surface area contributed by atoms with E-state index in [0.717, 1.165) is 33.9 Å². The van der Waals surface area contributed by atoms with Crippen LogP contribution in [0.5, 0.6) is 0 Å². The fourth-order valence-corrected chi connectivity index (χ4v) is 8.40. The second-order valence-electron chi connectivity index (χ2n) is 16.0. The van der Waals surface area contributed by atoms with Crippen molar-refractivity contribution in [3.8, 4) is 11.1 Å². The molecular formula is C58H50N6. The summed E-state index contributed by atoms with van der Waals surface area (Å²) in [4.78, 5) is 23.7. The zero-order valence-electron chi connectivity index (χ0n) is 35.9. The number of benzene rings is 5. The van der Waals surface area contributed by atoms with E-state index >= 15 is 0 Å². The molecule has 5 aromatic carbocycles. The summed E-state index contributed by atoms with van der Waals surface area (Å²) in [5.74, 6) is 0. The minimum atomic E-state index is 0.691. The van der Waals surface area contributed by atoms with E-state index in [0.29, 0.717) is 39.3 Å². The Kier molecular flexibility index (Phi) is 13.7. The molecule has 4 aromatic heterocycles. The average Bonchev–Trinajstić information content (AvgIpc) is 3.35. The number of pyridine rings is 4. The van der Waals surface area contributed by atoms with Crippen LogP contribution in [0.3, 0.4) is 0 Å². The van der Waals surface area contributed by atoms with Crippen LogP contribution >= 0.6 is 0 Å². The quantitative estimate of drug-likeness (QED) is 0.0852. The first-order valence-corrected chi connectivity index (χ1v) is 21.9. The zero-order chi connectivity index (χ0) is 43.2. The standard InChI is InChI=1S/C58H50N6/c1-4-18-48(19-5-1)57(49-20-6-2-7-21-49)58(50-22-8-3-9-23-50)51-30-28-47(29-31-51)52-37-45(39-63(41-53-24-10-14-32-59-53)42-54-25-11-15-33-60-54)36-46(38-52)40-64(43-55-26-12-16-34-61-55)44-56-27-13-17-35-62-56/h1-38H,39-44H2. The number of hydrogen-bond acceptors (Lipinski definition) is 6. The first-order chi connectivity index (χ1) is 31.7. The van der Waals surface area contributed by atoms with Gasteiger partial charge in [0.2, 0.25) is 0 Å². The van der Waals surface area contributed by atoms with Crippen molar-refractivity contribution in [2.45, 2.75) is 39.3 Å². The molecule has 0 bridgehead atoms. The van der Waals surface area contributed by atoms with Gasteiger partial charge in [-0.25, -0.2) is 0 Å². The third-order valence-corrected chi connectivity index (χ3v) is 11.3. The van der Waals surface area contributed by atoms with Crippen molar-refractivity contribution in [1.29, 1.82) is 0 Å². The predicted octanol–water partition coefficient (Wildman–Crippen LogP) is 12.3. The highest BCUT2D eigenvalue weighted by atomic mass is 15.1. The fraction of sp³-hybridized carbons (Fsp3) is 0.103. The summed E-state index contributed by atoms with van der Waals surface area (Å²) in [6, 6.07) is 73.0. The van der Waals surface area contributed by atoms with Gasteiger partial charge in [-0.3, -0.25) is 29.7 Å². The molecule has 0 fully saturated rings. The Bertz CT molecular complexity index is 2610. The molecule has 0 spiro atoms. The highest BCUT2D eigenvalue weighted by Crippen LogP contribution is 2.38. The molecule has 0 unspecified atom stereocenters. The normalized spacial score (nSPS) is 11.2. The van der Waals surface area contributed by atoms with Gasteiger partial charge in [-0.2, -0.15) is 0 Å². The molecule has 0 aliphatic carbocycles. The van der Waals surface area contributed by atoms with Crippen LogP contribution in [0.15, 0.2) is 231 Å². The minimum absolute atomic E-state index is 0.691. The van der Waals surface area contributed by atoms with Crippen molar-refractivity contribution in [2.75, 3.05) is 0 Å². The molecule has 0 radical (unpaired) electrons. The van der Waals surface area contributed by atoms with E-state index < -0.39 is 0 Å². The van der Waals surface area contributed by atoms with E-state index in [-0.39, 0.29) is 0 Å². The smallest absolute Gasteiger partial charge is 0.0544 e.